The van der Waals surface area contributed by atoms with Gasteiger partial charge in [-0.3, -0.25) is 4.90 Å². The molecule has 0 amide bonds. The molecular formula is C23H29ClN2O8. The predicted octanol–water partition coefficient (Wildman–Crippen LogP) is 1.92. The minimum Gasteiger partial charge on any atom is -0.478 e. The van der Waals surface area contributed by atoms with Gasteiger partial charge >= 0.3 is 23.9 Å². The van der Waals surface area contributed by atoms with Crippen molar-refractivity contribution in [1.29, 1.82) is 0 Å². The fourth-order valence-electron chi connectivity index (χ4n) is 3.55. The van der Waals surface area contributed by atoms with Crippen LogP contribution in [0.4, 0.5) is 0 Å². The van der Waals surface area contributed by atoms with E-state index in [9.17, 15) is 19.2 Å². The zero-order valence-corrected chi connectivity index (χ0v) is 19.3. The zero-order valence-electron chi connectivity index (χ0n) is 18.5. The first-order valence-electron chi connectivity index (χ1n) is 10.6. The van der Waals surface area contributed by atoms with Gasteiger partial charge in [-0.2, -0.15) is 0 Å². The van der Waals surface area contributed by atoms with Crippen LogP contribution in [0.15, 0.2) is 42.5 Å². The minimum atomic E-state index is -1.26. The molecule has 5 N–H and O–H groups in total. The first-order valence-corrected chi connectivity index (χ1v) is 11.0. The van der Waals surface area contributed by atoms with Crippen molar-refractivity contribution in [3.8, 4) is 0 Å². The van der Waals surface area contributed by atoms with Gasteiger partial charge in [0.1, 0.15) is 0 Å². The summed E-state index contributed by atoms with van der Waals surface area (Å²) < 4.78 is 0. The molecule has 0 saturated carbocycles. The van der Waals surface area contributed by atoms with Crippen molar-refractivity contribution < 1.29 is 39.6 Å². The third-order valence-electron chi connectivity index (χ3n) is 5.03. The fourth-order valence-corrected chi connectivity index (χ4v) is 3.83. The van der Waals surface area contributed by atoms with Crippen molar-refractivity contribution in [3.05, 3.63) is 58.7 Å². The Balaban J connectivity index is 0.000000304. The van der Waals surface area contributed by atoms with Gasteiger partial charge in [-0.15, -0.1) is 0 Å². The number of benzene rings is 1. The summed E-state index contributed by atoms with van der Waals surface area (Å²) in [7, 11) is 0. The van der Waals surface area contributed by atoms with Gasteiger partial charge < -0.3 is 25.7 Å². The summed E-state index contributed by atoms with van der Waals surface area (Å²) >= 11 is 6.35. The van der Waals surface area contributed by atoms with E-state index in [1.165, 1.54) is 50.0 Å². The Morgan fingerprint density at radius 1 is 0.882 bits per heavy atom. The van der Waals surface area contributed by atoms with Crippen molar-refractivity contribution >= 4 is 35.5 Å². The summed E-state index contributed by atoms with van der Waals surface area (Å²) in [4.78, 5) is 40.9. The summed E-state index contributed by atoms with van der Waals surface area (Å²) in [6.45, 7) is 4.72. The number of carboxylic acid groups (broad SMARTS) is 4. The van der Waals surface area contributed by atoms with Crippen LogP contribution in [0.1, 0.15) is 24.0 Å². The van der Waals surface area contributed by atoms with E-state index in [2.05, 4.69) is 22.3 Å². The van der Waals surface area contributed by atoms with Crippen LogP contribution in [0, 0.1) is 0 Å². The summed E-state index contributed by atoms with van der Waals surface area (Å²) in [5, 5.41) is 35.7. The maximum atomic E-state index is 9.55. The lowest BCUT2D eigenvalue weighted by Gasteiger charge is -2.34. The van der Waals surface area contributed by atoms with Gasteiger partial charge in [0.25, 0.3) is 0 Å². The molecule has 186 valence electrons. The zero-order chi connectivity index (χ0) is 25.5. The van der Waals surface area contributed by atoms with E-state index in [1.807, 2.05) is 6.07 Å². The molecule has 1 aromatic carbocycles. The van der Waals surface area contributed by atoms with Gasteiger partial charge in [0.15, 0.2) is 0 Å². The Kier molecular flexibility index (Phi) is 13.2. The third kappa shape index (κ3) is 12.1. The Morgan fingerprint density at radius 2 is 1.44 bits per heavy atom. The molecule has 0 aromatic heterocycles. The molecule has 1 fully saturated rings. The Morgan fingerprint density at radius 3 is 1.97 bits per heavy atom. The highest BCUT2D eigenvalue weighted by atomic mass is 35.5. The van der Waals surface area contributed by atoms with Crippen molar-refractivity contribution in [2.24, 2.45) is 0 Å². The lowest BCUT2D eigenvalue weighted by Crippen LogP contribution is -2.41. The Labute approximate surface area is 202 Å². The minimum absolute atomic E-state index is 0.558. The standard InChI is InChI=1S/C15H21ClN2.2C4H4O4/c16-15-4-1-3-12-5-6-13(11-14(12)15)18-9-2-7-17-8-10-18;2*5-3(6)1-2-4(7)8/h1,3-4,13,17H,2,5-11H2;2*1-2H,(H,5,6)(H,7,8)/b;2*2-1-. The van der Waals surface area contributed by atoms with Crippen LogP contribution in [-0.2, 0) is 32.0 Å². The number of fused-ring (bicyclic) bond motifs is 1. The lowest BCUT2D eigenvalue weighted by atomic mass is 9.87. The second-order valence-corrected chi connectivity index (χ2v) is 7.84. The average molecular weight is 497 g/mol. The molecule has 2 aliphatic rings. The van der Waals surface area contributed by atoms with E-state index < -0.39 is 23.9 Å². The predicted molar refractivity (Wildman–Crippen MR) is 125 cm³/mol. The molecule has 1 saturated heterocycles. The quantitative estimate of drug-likeness (QED) is 0.380. The number of carbonyl (C=O) groups is 4. The van der Waals surface area contributed by atoms with Crippen molar-refractivity contribution in [3.63, 3.8) is 0 Å². The molecular weight excluding hydrogens is 468 g/mol. The van der Waals surface area contributed by atoms with E-state index in [1.54, 1.807) is 0 Å². The molecule has 1 aromatic rings. The number of hydrogen-bond acceptors (Lipinski definition) is 6. The van der Waals surface area contributed by atoms with Gasteiger partial charge in [-0.1, -0.05) is 23.7 Å². The Bertz CT molecular complexity index is 842. The van der Waals surface area contributed by atoms with Crippen LogP contribution in [-0.4, -0.2) is 81.4 Å². The van der Waals surface area contributed by atoms with Gasteiger partial charge in [0.2, 0.25) is 0 Å². The maximum Gasteiger partial charge on any atom is 0.328 e. The number of rotatable bonds is 5. The van der Waals surface area contributed by atoms with Crippen LogP contribution in [0.5, 0.6) is 0 Å². The number of aliphatic carboxylic acids is 4. The van der Waals surface area contributed by atoms with Crippen LogP contribution >= 0.6 is 11.6 Å². The molecule has 0 radical (unpaired) electrons. The molecule has 1 heterocycles. The molecule has 1 aliphatic carbocycles. The molecule has 10 nitrogen and oxygen atoms in total. The molecule has 34 heavy (non-hydrogen) atoms. The van der Waals surface area contributed by atoms with Crippen LogP contribution < -0.4 is 5.32 Å². The number of hydrogen-bond donors (Lipinski definition) is 5. The third-order valence-corrected chi connectivity index (χ3v) is 5.38. The highest BCUT2D eigenvalue weighted by molar-refractivity contribution is 6.31. The maximum absolute atomic E-state index is 9.55. The molecule has 0 bridgehead atoms. The van der Waals surface area contributed by atoms with Gasteiger partial charge in [0, 0.05) is 48.5 Å². The van der Waals surface area contributed by atoms with Crippen molar-refractivity contribution in [2.75, 3.05) is 26.2 Å². The van der Waals surface area contributed by atoms with Gasteiger partial charge in [-0.05, 0) is 56.0 Å². The van der Waals surface area contributed by atoms with Crippen LogP contribution in [0.25, 0.3) is 0 Å². The monoisotopic (exact) mass is 496 g/mol. The summed E-state index contributed by atoms with van der Waals surface area (Å²) in [5.41, 5.74) is 2.86. The largest absolute Gasteiger partial charge is 0.478 e. The number of carboxylic acids is 4. The van der Waals surface area contributed by atoms with Crippen molar-refractivity contribution in [2.45, 2.75) is 31.7 Å². The average Bonchev–Trinajstić information content (AvgIpc) is 3.07. The fraction of sp³-hybridized carbons (Fsp3) is 0.391. The topological polar surface area (TPSA) is 164 Å². The SMILES string of the molecule is Clc1cccc2c1CC(N1CCCNCC1)CC2.O=C(O)/C=C\C(=O)O.O=C(O)/C=C\C(=O)O. The smallest absolute Gasteiger partial charge is 0.328 e. The van der Waals surface area contributed by atoms with Gasteiger partial charge in [-0.25, -0.2) is 19.2 Å². The van der Waals surface area contributed by atoms with E-state index in [0.717, 1.165) is 18.0 Å². The number of aryl methyl sites for hydroxylation is 1. The number of nitrogens with one attached hydrogen (secondary N) is 1. The highest BCUT2D eigenvalue weighted by Crippen LogP contribution is 2.30. The van der Waals surface area contributed by atoms with E-state index in [0.29, 0.717) is 30.3 Å². The van der Waals surface area contributed by atoms with E-state index >= 15 is 0 Å². The number of halogens is 1. The molecule has 1 unspecified atom stereocenters. The van der Waals surface area contributed by atoms with Crippen molar-refractivity contribution in [1.82, 2.24) is 10.2 Å². The van der Waals surface area contributed by atoms with Crippen LogP contribution in [0.3, 0.4) is 0 Å². The summed E-state index contributed by atoms with van der Waals surface area (Å²) in [6, 6.07) is 7.04. The summed E-state index contributed by atoms with van der Waals surface area (Å²) in [6.07, 6.45) is 7.11. The highest BCUT2D eigenvalue weighted by Gasteiger charge is 2.25. The molecule has 0 spiro atoms. The van der Waals surface area contributed by atoms with Gasteiger partial charge in [0.05, 0.1) is 0 Å². The van der Waals surface area contributed by atoms with Crippen LogP contribution in [0.2, 0.25) is 5.02 Å². The summed E-state index contributed by atoms with van der Waals surface area (Å²) in [5.74, 6) is -5.03. The molecule has 11 heteroatoms. The van der Waals surface area contributed by atoms with E-state index in [4.69, 9.17) is 32.0 Å². The first kappa shape index (κ1) is 28.8. The number of nitrogens with zero attached hydrogens (tertiary/aromatic N) is 1. The molecule has 3 rings (SSSR count). The van der Waals surface area contributed by atoms with E-state index in [-0.39, 0.29) is 0 Å². The molecule has 1 aliphatic heterocycles. The Hall–Kier alpha value is -3.21. The normalized spacial score (nSPS) is 18.0. The second kappa shape index (κ2) is 15.6. The first-order chi connectivity index (χ1) is 16.1. The lowest BCUT2D eigenvalue weighted by molar-refractivity contribution is -0.134. The molecule has 1 atom stereocenters. The second-order valence-electron chi connectivity index (χ2n) is 7.43.